The van der Waals surface area contributed by atoms with Gasteiger partial charge >= 0.3 is 0 Å². The second-order valence-corrected chi connectivity index (χ2v) is 3.70. The van der Waals surface area contributed by atoms with Gasteiger partial charge in [0.15, 0.2) is 0 Å². The lowest BCUT2D eigenvalue weighted by atomic mass is 9.62. The maximum atomic E-state index is 9.48. The average Bonchev–Trinajstić information content (AvgIpc) is 2.04. The Bertz CT molecular complexity index is 129. The average molecular weight is 141 g/mol. The molecule has 1 heterocycles. The Morgan fingerprint density at radius 2 is 2.30 bits per heavy atom. The Labute approximate surface area is 61.6 Å². The Morgan fingerprint density at radius 1 is 1.40 bits per heavy atom. The van der Waals surface area contributed by atoms with E-state index < -0.39 is 0 Å². The SMILES string of the molecule is OC1CCC12CCCNC2. The molecule has 0 aromatic carbocycles. The normalized spacial score (nSPS) is 47.1. The molecule has 2 atom stereocenters. The van der Waals surface area contributed by atoms with Crippen molar-refractivity contribution in [1.82, 2.24) is 5.32 Å². The number of aliphatic hydroxyl groups excluding tert-OH is 1. The standard InChI is InChI=1S/C8H15NO/c10-7-2-4-8(7)3-1-5-9-6-8/h7,9-10H,1-6H2. The molecule has 2 fully saturated rings. The molecule has 0 radical (unpaired) electrons. The molecule has 1 saturated heterocycles. The van der Waals surface area contributed by atoms with Crippen molar-refractivity contribution in [3.63, 3.8) is 0 Å². The maximum absolute atomic E-state index is 9.48. The fourth-order valence-electron chi connectivity index (χ4n) is 2.17. The van der Waals surface area contributed by atoms with Crippen molar-refractivity contribution in [3.05, 3.63) is 0 Å². The van der Waals surface area contributed by atoms with Crippen LogP contribution in [-0.4, -0.2) is 24.3 Å². The van der Waals surface area contributed by atoms with Gasteiger partial charge in [-0.05, 0) is 32.2 Å². The monoisotopic (exact) mass is 141 g/mol. The van der Waals surface area contributed by atoms with Crippen molar-refractivity contribution in [2.45, 2.75) is 31.8 Å². The predicted octanol–water partition coefficient (Wildman–Crippen LogP) is 0.511. The molecule has 1 aliphatic heterocycles. The number of nitrogens with one attached hydrogen (secondary N) is 1. The van der Waals surface area contributed by atoms with Crippen LogP contribution in [0.15, 0.2) is 0 Å². The number of hydrogen-bond donors (Lipinski definition) is 2. The Balaban J connectivity index is 1.99. The molecule has 0 bridgehead atoms. The largest absolute Gasteiger partial charge is 0.393 e. The summed E-state index contributed by atoms with van der Waals surface area (Å²) in [7, 11) is 0. The van der Waals surface area contributed by atoms with E-state index in [-0.39, 0.29) is 6.10 Å². The highest BCUT2D eigenvalue weighted by atomic mass is 16.3. The highest BCUT2D eigenvalue weighted by Gasteiger charge is 2.45. The van der Waals surface area contributed by atoms with Crippen LogP contribution in [0.3, 0.4) is 0 Å². The number of rotatable bonds is 0. The quantitative estimate of drug-likeness (QED) is 0.515. The fourth-order valence-corrected chi connectivity index (χ4v) is 2.17. The van der Waals surface area contributed by atoms with E-state index in [4.69, 9.17) is 0 Å². The third-order valence-corrected chi connectivity index (χ3v) is 3.13. The van der Waals surface area contributed by atoms with Gasteiger partial charge in [-0.3, -0.25) is 0 Å². The van der Waals surface area contributed by atoms with E-state index in [1.54, 1.807) is 0 Å². The van der Waals surface area contributed by atoms with Gasteiger partial charge in [-0.2, -0.15) is 0 Å². The van der Waals surface area contributed by atoms with Gasteiger partial charge < -0.3 is 10.4 Å². The minimum absolute atomic E-state index is 0.000278. The third kappa shape index (κ3) is 0.789. The van der Waals surface area contributed by atoms with Gasteiger partial charge in [0.05, 0.1) is 6.10 Å². The zero-order chi connectivity index (χ0) is 7.03. The van der Waals surface area contributed by atoms with Crippen LogP contribution in [0.1, 0.15) is 25.7 Å². The molecule has 1 saturated carbocycles. The summed E-state index contributed by atoms with van der Waals surface area (Å²) in [5, 5.41) is 12.8. The molecular weight excluding hydrogens is 126 g/mol. The van der Waals surface area contributed by atoms with Crippen LogP contribution in [0.25, 0.3) is 0 Å². The molecule has 2 heteroatoms. The van der Waals surface area contributed by atoms with Crippen molar-refractivity contribution in [1.29, 1.82) is 0 Å². The third-order valence-electron chi connectivity index (χ3n) is 3.13. The zero-order valence-electron chi connectivity index (χ0n) is 6.27. The van der Waals surface area contributed by atoms with Gasteiger partial charge in [0.2, 0.25) is 0 Å². The van der Waals surface area contributed by atoms with E-state index >= 15 is 0 Å². The molecule has 0 aromatic rings. The van der Waals surface area contributed by atoms with E-state index in [9.17, 15) is 5.11 Å². The minimum Gasteiger partial charge on any atom is -0.393 e. The summed E-state index contributed by atoms with van der Waals surface area (Å²) in [5.74, 6) is 0. The highest BCUT2D eigenvalue weighted by Crippen LogP contribution is 2.45. The highest BCUT2D eigenvalue weighted by molar-refractivity contribution is 4.98. The van der Waals surface area contributed by atoms with Gasteiger partial charge in [-0.15, -0.1) is 0 Å². The molecule has 1 spiro atoms. The molecule has 58 valence electrons. The Kier molecular flexibility index (Phi) is 1.46. The summed E-state index contributed by atoms with van der Waals surface area (Å²) in [5.41, 5.74) is 0.304. The molecule has 10 heavy (non-hydrogen) atoms. The van der Waals surface area contributed by atoms with E-state index in [1.807, 2.05) is 0 Å². The maximum Gasteiger partial charge on any atom is 0.0608 e. The first-order valence-corrected chi connectivity index (χ1v) is 4.22. The molecule has 1 aliphatic carbocycles. The van der Waals surface area contributed by atoms with Crippen molar-refractivity contribution in [2.75, 3.05) is 13.1 Å². The van der Waals surface area contributed by atoms with Gasteiger partial charge in [-0.25, -0.2) is 0 Å². The molecular formula is C8H15NO. The number of hydrogen-bond acceptors (Lipinski definition) is 2. The second-order valence-electron chi connectivity index (χ2n) is 3.70. The molecule has 2 rings (SSSR count). The lowest BCUT2D eigenvalue weighted by molar-refractivity contribution is -0.0776. The summed E-state index contributed by atoms with van der Waals surface area (Å²) in [4.78, 5) is 0. The van der Waals surface area contributed by atoms with Gasteiger partial charge in [-0.1, -0.05) is 0 Å². The molecule has 0 amide bonds. The number of aliphatic hydroxyl groups is 1. The molecule has 0 aromatic heterocycles. The first-order chi connectivity index (χ1) is 4.83. The Hall–Kier alpha value is -0.0800. The van der Waals surface area contributed by atoms with Crippen molar-refractivity contribution in [2.24, 2.45) is 5.41 Å². The van der Waals surface area contributed by atoms with Crippen molar-refractivity contribution in [3.8, 4) is 0 Å². The molecule has 2 aliphatic rings. The lowest BCUT2D eigenvalue weighted by Crippen LogP contribution is -2.54. The van der Waals surface area contributed by atoms with E-state index in [2.05, 4.69) is 5.32 Å². The van der Waals surface area contributed by atoms with Crippen LogP contribution in [0, 0.1) is 5.41 Å². The molecule has 2 nitrogen and oxygen atoms in total. The fraction of sp³-hybridized carbons (Fsp3) is 1.00. The van der Waals surface area contributed by atoms with Crippen LogP contribution in [-0.2, 0) is 0 Å². The zero-order valence-corrected chi connectivity index (χ0v) is 6.27. The lowest BCUT2D eigenvalue weighted by Gasteiger charge is -2.49. The van der Waals surface area contributed by atoms with Crippen molar-refractivity contribution < 1.29 is 5.11 Å². The molecule has 2 N–H and O–H groups in total. The van der Waals surface area contributed by atoms with Crippen LogP contribution < -0.4 is 5.32 Å². The minimum atomic E-state index is 0.000278. The smallest absolute Gasteiger partial charge is 0.0608 e. The second kappa shape index (κ2) is 2.21. The summed E-state index contributed by atoms with van der Waals surface area (Å²) in [6, 6.07) is 0. The first kappa shape index (κ1) is 6.62. The van der Waals surface area contributed by atoms with E-state index in [1.165, 1.54) is 19.3 Å². The van der Waals surface area contributed by atoms with E-state index in [0.717, 1.165) is 19.5 Å². The van der Waals surface area contributed by atoms with Gasteiger partial charge in [0.1, 0.15) is 0 Å². The predicted molar refractivity (Wildman–Crippen MR) is 39.8 cm³/mol. The first-order valence-electron chi connectivity index (χ1n) is 4.22. The summed E-state index contributed by atoms with van der Waals surface area (Å²) < 4.78 is 0. The van der Waals surface area contributed by atoms with Crippen LogP contribution in [0.5, 0.6) is 0 Å². The Morgan fingerprint density at radius 3 is 2.60 bits per heavy atom. The van der Waals surface area contributed by atoms with Crippen LogP contribution in [0.4, 0.5) is 0 Å². The van der Waals surface area contributed by atoms with Crippen LogP contribution in [0.2, 0.25) is 0 Å². The van der Waals surface area contributed by atoms with Crippen LogP contribution >= 0.6 is 0 Å². The van der Waals surface area contributed by atoms with Gasteiger partial charge in [0, 0.05) is 12.0 Å². The van der Waals surface area contributed by atoms with Crippen molar-refractivity contribution >= 4 is 0 Å². The summed E-state index contributed by atoms with van der Waals surface area (Å²) in [6.07, 6.45) is 4.75. The summed E-state index contributed by atoms with van der Waals surface area (Å²) in [6.45, 7) is 2.20. The molecule has 2 unspecified atom stereocenters. The summed E-state index contributed by atoms with van der Waals surface area (Å²) >= 11 is 0. The topological polar surface area (TPSA) is 32.3 Å². The van der Waals surface area contributed by atoms with E-state index in [0.29, 0.717) is 5.41 Å². The van der Waals surface area contributed by atoms with Gasteiger partial charge in [0.25, 0.3) is 0 Å². The number of piperidine rings is 1.